The lowest BCUT2D eigenvalue weighted by Crippen LogP contribution is -2.48. The number of aliphatic hydroxyl groups is 6. The van der Waals surface area contributed by atoms with Gasteiger partial charge in [-0.2, -0.15) is 0 Å². The van der Waals surface area contributed by atoms with Crippen LogP contribution in [0.3, 0.4) is 0 Å². The Morgan fingerprint density at radius 1 is 0.952 bits per heavy atom. The molecule has 21 heavy (non-hydrogen) atoms. The topological polar surface area (TPSA) is 222 Å². The molecule has 0 amide bonds. The van der Waals surface area contributed by atoms with Gasteiger partial charge >= 0.3 is 11.9 Å². The van der Waals surface area contributed by atoms with E-state index in [1.165, 1.54) is 6.92 Å². The molecule has 0 aromatic rings. The predicted molar refractivity (Wildman–Crippen MR) is 66.0 cm³/mol. The Bertz CT molecular complexity index is 323. The lowest BCUT2D eigenvalue weighted by atomic mass is 10.0. The van der Waals surface area contributed by atoms with Gasteiger partial charge in [0.25, 0.3) is 0 Å². The molecule has 0 spiro atoms. The van der Waals surface area contributed by atoms with E-state index < -0.39 is 55.1 Å². The summed E-state index contributed by atoms with van der Waals surface area (Å²) in [5.74, 6) is -2.91. The molecule has 0 unspecified atom stereocenters. The summed E-state index contributed by atoms with van der Waals surface area (Å²) >= 11 is 0. The monoisotopic (exact) mass is 315 g/mol. The van der Waals surface area contributed by atoms with Crippen molar-refractivity contribution in [2.45, 2.75) is 43.5 Å². The lowest BCUT2D eigenvalue weighted by Gasteiger charge is -2.23. The number of aliphatic hydroxyl groups excluding tert-OH is 6. The average molecular weight is 315 g/mol. The van der Waals surface area contributed by atoms with Crippen molar-refractivity contribution in [2.75, 3.05) is 6.61 Å². The Morgan fingerprint density at radius 2 is 1.38 bits per heavy atom. The van der Waals surface area contributed by atoms with Crippen molar-refractivity contribution in [3.63, 3.8) is 0 Å². The molecule has 10 N–H and O–H groups in total. The zero-order valence-corrected chi connectivity index (χ0v) is 11.1. The third kappa shape index (κ3) is 8.52. The second-order valence-corrected chi connectivity index (χ2v) is 4.12. The van der Waals surface area contributed by atoms with Crippen LogP contribution in [0.4, 0.5) is 0 Å². The maximum absolute atomic E-state index is 10.1. The number of hydrogen-bond acceptors (Lipinski definition) is 9. The van der Waals surface area contributed by atoms with E-state index in [0.717, 1.165) is 0 Å². The summed E-state index contributed by atoms with van der Waals surface area (Å²) in [5, 5.41) is 68.4. The number of rotatable bonds is 7. The van der Waals surface area contributed by atoms with E-state index in [0.29, 0.717) is 0 Å². The van der Waals surface area contributed by atoms with Gasteiger partial charge in [0.2, 0.25) is 0 Å². The molecule has 126 valence electrons. The highest BCUT2D eigenvalue weighted by Gasteiger charge is 2.33. The van der Waals surface area contributed by atoms with Crippen LogP contribution in [-0.4, -0.2) is 96.0 Å². The first-order valence-electron chi connectivity index (χ1n) is 5.69. The van der Waals surface area contributed by atoms with Gasteiger partial charge in [-0.15, -0.1) is 0 Å². The average Bonchev–Trinajstić information content (AvgIpc) is 2.43. The molecule has 0 aliphatic carbocycles. The Morgan fingerprint density at radius 3 is 1.57 bits per heavy atom. The summed E-state index contributed by atoms with van der Waals surface area (Å²) in [6, 6.07) is -1.16. The smallest absolute Gasteiger partial charge is 0.335 e. The number of carboxylic acids is 2. The number of carbonyl (C=O) groups is 2. The van der Waals surface area contributed by atoms with Crippen molar-refractivity contribution in [1.29, 1.82) is 0 Å². The molecule has 11 heteroatoms. The minimum absolute atomic E-state index is 0.843. The first-order chi connectivity index (χ1) is 9.47. The molecule has 0 rings (SSSR count). The van der Waals surface area contributed by atoms with Crippen molar-refractivity contribution in [2.24, 2.45) is 5.73 Å². The van der Waals surface area contributed by atoms with Crippen LogP contribution < -0.4 is 5.73 Å². The van der Waals surface area contributed by atoms with Crippen LogP contribution in [0.5, 0.6) is 0 Å². The van der Waals surface area contributed by atoms with E-state index in [2.05, 4.69) is 0 Å². The van der Waals surface area contributed by atoms with Crippen LogP contribution in [-0.2, 0) is 9.59 Å². The first-order valence-corrected chi connectivity index (χ1v) is 5.69. The first kappa shape index (κ1) is 21.9. The van der Waals surface area contributed by atoms with Gasteiger partial charge in [-0.05, 0) is 6.92 Å². The van der Waals surface area contributed by atoms with Gasteiger partial charge in [-0.3, -0.25) is 4.79 Å². The molecule has 0 aromatic heterocycles. The predicted octanol–water partition coefficient (Wildman–Crippen LogP) is -4.71. The van der Waals surface area contributed by atoms with Gasteiger partial charge in [-0.25, -0.2) is 4.79 Å². The molecule has 0 aliphatic rings. The maximum Gasteiger partial charge on any atom is 0.335 e. The highest BCUT2D eigenvalue weighted by molar-refractivity contribution is 5.73. The second kappa shape index (κ2) is 10.4. The van der Waals surface area contributed by atoms with Crippen molar-refractivity contribution in [1.82, 2.24) is 0 Å². The van der Waals surface area contributed by atoms with Gasteiger partial charge in [0.15, 0.2) is 6.10 Å². The summed E-state index contributed by atoms with van der Waals surface area (Å²) in [6.07, 6.45) is -8.82. The van der Waals surface area contributed by atoms with Crippen LogP contribution in [0.15, 0.2) is 0 Å². The molecule has 0 heterocycles. The van der Waals surface area contributed by atoms with Gasteiger partial charge < -0.3 is 46.6 Å². The molecule has 11 nitrogen and oxygen atoms in total. The highest BCUT2D eigenvalue weighted by atomic mass is 16.4. The maximum atomic E-state index is 10.1. The number of aliphatic carboxylic acids is 2. The normalized spacial score (nSPS) is 19.2. The molecule has 0 aromatic carbocycles. The van der Waals surface area contributed by atoms with Crippen LogP contribution in [0.2, 0.25) is 0 Å². The summed E-state index contributed by atoms with van der Waals surface area (Å²) in [7, 11) is 0. The zero-order valence-electron chi connectivity index (χ0n) is 11.1. The highest BCUT2D eigenvalue weighted by Crippen LogP contribution is 2.04. The van der Waals surface area contributed by atoms with Gasteiger partial charge in [0.1, 0.15) is 24.4 Å². The largest absolute Gasteiger partial charge is 0.480 e. The van der Waals surface area contributed by atoms with Gasteiger partial charge in [-0.1, -0.05) is 0 Å². The molecular weight excluding hydrogens is 294 g/mol. The van der Waals surface area contributed by atoms with Crippen LogP contribution in [0.1, 0.15) is 6.92 Å². The van der Waals surface area contributed by atoms with Crippen LogP contribution in [0, 0.1) is 0 Å². The third-order valence-corrected chi connectivity index (χ3v) is 2.31. The summed E-state index contributed by atoms with van der Waals surface area (Å²) in [4.78, 5) is 19.9. The minimum Gasteiger partial charge on any atom is -0.480 e. The lowest BCUT2D eigenvalue weighted by molar-refractivity contribution is -0.164. The Kier molecular flexibility index (Phi) is 10.9. The fourth-order valence-corrected chi connectivity index (χ4v) is 0.875. The Balaban J connectivity index is 0. The fourth-order valence-electron chi connectivity index (χ4n) is 0.875. The number of nitrogens with two attached hydrogens (primary N) is 1. The molecule has 0 radical (unpaired) electrons. The van der Waals surface area contributed by atoms with Gasteiger partial charge in [0.05, 0.1) is 12.7 Å². The van der Waals surface area contributed by atoms with E-state index >= 15 is 0 Å². The van der Waals surface area contributed by atoms with Crippen molar-refractivity contribution < 1.29 is 50.4 Å². The van der Waals surface area contributed by atoms with E-state index in [4.69, 9.17) is 46.6 Å². The minimum atomic E-state index is -2.20. The molecule has 0 saturated carbocycles. The number of carboxylic acid groups (broad SMARTS) is 2. The van der Waals surface area contributed by atoms with Crippen LogP contribution in [0.25, 0.3) is 0 Å². The van der Waals surface area contributed by atoms with Crippen molar-refractivity contribution in [3.05, 3.63) is 0 Å². The SMILES string of the molecule is C[C@@H](O)[C@H](N)C(=O)O.O=C(O)[C@H](O)[C@@H](O)[C@H](O)[C@H](O)CO. The van der Waals surface area contributed by atoms with E-state index in [1.54, 1.807) is 0 Å². The summed E-state index contributed by atoms with van der Waals surface area (Å²) in [6.45, 7) is 0.489. The van der Waals surface area contributed by atoms with Crippen molar-refractivity contribution >= 4 is 11.9 Å². The standard InChI is InChI=1S/C6H12O7.C4H9NO3/c7-1-2(8)3(9)4(10)5(11)6(12)13;1-2(6)3(5)4(7)8/h2-5,7-11H,1H2,(H,12,13);2-3,6H,5H2,1H3,(H,7,8)/t2-,3-,4+,5-;2-,3+/m11/s1. The van der Waals surface area contributed by atoms with E-state index in [-0.39, 0.29) is 0 Å². The molecular formula is C10H21NO10. The zero-order chi connectivity index (χ0) is 17.3. The van der Waals surface area contributed by atoms with E-state index in [9.17, 15) is 9.59 Å². The molecule has 0 fully saturated rings. The number of hydrogen-bond donors (Lipinski definition) is 9. The fraction of sp³-hybridized carbons (Fsp3) is 0.800. The quantitative estimate of drug-likeness (QED) is 0.217. The second-order valence-electron chi connectivity index (χ2n) is 4.12. The Hall–Kier alpha value is -1.34. The Labute approximate surface area is 119 Å². The molecule has 0 bridgehead atoms. The van der Waals surface area contributed by atoms with E-state index in [1.807, 2.05) is 0 Å². The third-order valence-electron chi connectivity index (χ3n) is 2.31. The summed E-state index contributed by atoms with van der Waals surface area (Å²) in [5.41, 5.74) is 4.91. The summed E-state index contributed by atoms with van der Waals surface area (Å²) < 4.78 is 0. The molecule has 0 saturated heterocycles. The molecule has 0 aliphatic heterocycles. The molecule has 6 atom stereocenters. The van der Waals surface area contributed by atoms with Crippen LogP contribution >= 0.6 is 0 Å². The van der Waals surface area contributed by atoms with Gasteiger partial charge in [0, 0.05) is 0 Å². The van der Waals surface area contributed by atoms with Crippen molar-refractivity contribution in [3.8, 4) is 0 Å².